The molecule has 1 atom stereocenters. The van der Waals surface area contributed by atoms with Gasteiger partial charge in [0.25, 0.3) is 5.69 Å². The first-order chi connectivity index (χ1) is 11.4. The van der Waals surface area contributed by atoms with E-state index in [4.69, 9.17) is 17.0 Å². The van der Waals surface area contributed by atoms with Crippen LogP contribution in [0.4, 0.5) is 11.4 Å². The Bertz CT molecular complexity index is 648. The maximum absolute atomic E-state index is 12.3. The van der Waals surface area contributed by atoms with Crippen LogP contribution in [0.2, 0.25) is 0 Å². The number of rotatable bonds is 5. The third-order valence-electron chi connectivity index (χ3n) is 3.67. The lowest BCUT2D eigenvalue weighted by atomic mass is 10.2. The van der Waals surface area contributed by atoms with E-state index in [1.54, 1.807) is 13.0 Å². The van der Waals surface area contributed by atoms with E-state index in [0.717, 1.165) is 25.9 Å². The van der Waals surface area contributed by atoms with Crippen LogP contribution in [0.25, 0.3) is 0 Å². The molecule has 1 N–H and O–H groups in total. The lowest BCUT2D eigenvalue weighted by Gasteiger charge is -2.20. The number of hydrogen-bond acceptors (Lipinski definition) is 6. The first-order valence-corrected chi connectivity index (χ1v) is 8.80. The van der Waals surface area contributed by atoms with Crippen LogP contribution in [0.5, 0.6) is 5.75 Å². The predicted octanol–water partition coefficient (Wildman–Crippen LogP) is 3.04. The Hall–Kier alpha value is -1.87. The van der Waals surface area contributed by atoms with Crippen LogP contribution in [-0.4, -0.2) is 45.5 Å². The van der Waals surface area contributed by atoms with Crippen LogP contribution >= 0.6 is 24.0 Å². The number of benzene rings is 1. The van der Waals surface area contributed by atoms with E-state index in [1.807, 2.05) is 0 Å². The minimum atomic E-state index is -0.551. The van der Waals surface area contributed by atoms with Crippen molar-refractivity contribution in [3.05, 3.63) is 28.3 Å². The number of nitrogens with zero attached hydrogens (tertiary/aromatic N) is 2. The number of carbonyl (C=O) groups is 1. The molecule has 7 nitrogen and oxygen atoms in total. The Kier molecular flexibility index (Phi) is 6.38. The summed E-state index contributed by atoms with van der Waals surface area (Å²) in [5.74, 6) is 0.0344. The summed E-state index contributed by atoms with van der Waals surface area (Å²) in [5, 5.41) is 13.3. The number of nitro groups is 1. The van der Waals surface area contributed by atoms with Crippen molar-refractivity contribution in [2.45, 2.75) is 25.0 Å². The Morgan fingerprint density at radius 1 is 1.46 bits per heavy atom. The van der Waals surface area contributed by atoms with E-state index in [9.17, 15) is 14.9 Å². The summed E-state index contributed by atoms with van der Waals surface area (Å²) in [4.78, 5) is 25.0. The van der Waals surface area contributed by atoms with Crippen molar-refractivity contribution in [3.63, 3.8) is 0 Å². The van der Waals surface area contributed by atoms with Crippen molar-refractivity contribution in [1.29, 1.82) is 0 Å². The number of carbonyl (C=O) groups excluding carboxylic acids is 1. The van der Waals surface area contributed by atoms with Crippen LogP contribution in [0, 0.1) is 10.1 Å². The Labute approximate surface area is 149 Å². The maximum Gasteiger partial charge on any atom is 0.296 e. The second-order valence-electron chi connectivity index (χ2n) is 5.35. The van der Waals surface area contributed by atoms with E-state index < -0.39 is 10.2 Å². The van der Waals surface area contributed by atoms with Gasteiger partial charge in [0.15, 0.2) is 0 Å². The number of methoxy groups -OCH3 is 1. The van der Waals surface area contributed by atoms with Crippen LogP contribution < -0.4 is 10.1 Å². The van der Waals surface area contributed by atoms with Gasteiger partial charge in [-0.1, -0.05) is 24.0 Å². The first kappa shape index (κ1) is 18.5. The van der Waals surface area contributed by atoms with Gasteiger partial charge >= 0.3 is 0 Å². The largest absolute Gasteiger partial charge is 0.496 e. The van der Waals surface area contributed by atoms with Gasteiger partial charge in [-0.15, -0.1) is 0 Å². The Balaban J connectivity index is 2.03. The van der Waals surface area contributed by atoms with Gasteiger partial charge in [-0.05, 0) is 31.9 Å². The normalized spacial score (nSPS) is 15.0. The van der Waals surface area contributed by atoms with Gasteiger partial charge < -0.3 is 15.0 Å². The summed E-state index contributed by atoms with van der Waals surface area (Å²) < 4.78 is 5.67. The summed E-state index contributed by atoms with van der Waals surface area (Å²) in [6, 6.07) is 4.31. The zero-order valence-electron chi connectivity index (χ0n) is 13.5. The number of likely N-dealkylation sites (tertiary alicyclic amines) is 1. The molecule has 0 radical (unpaired) electrons. The molecule has 2 rings (SSSR count). The van der Waals surface area contributed by atoms with Gasteiger partial charge in [0.1, 0.15) is 15.8 Å². The fourth-order valence-corrected chi connectivity index (χ4v) is 3.72. The number of thiocarbonyl (C=S) groups is 1. The molecule has 1 aromatic carbocycles. The van der Waals surface area contributed by atoms with E-state index in [-0.39, 0.29) is 17.3 Å². The lowest BCUT2D eigenvalue weighted by molar-refractivity contribution is -0.384. The Morgan fingerprint density at radius 2 is 2.12 bits per heavy atom. The first-order valence-electron chi connectivity index (χ1n) is 7.51. The van der Waals surface area contributed by atoms with E-state index in [0.29, 0.717) is 10.1 Å². The molecule has 0 spiro atoms. The molecule has 1 amide bonds. The number of nitrogens with one attached hydrogen (secondary N) is 1. The molecular formula is C15H19N3O4S2. The fraction of sp³-hybridized carbons (Fsp3) is 0.467. The van der Waals surface area contributed by atoms with Gasteiger partial charge in [-0.25, -0.2) is 0 Å². The van der Waals surface area contributed by atoms with Crippen molar-refractivity contribution in [2.24, 2.45) is 0 Å². The predicted molar refractivity (Wildman–Crippen MR) is 98.7 cm³/mol. The number of nitro benzene ring substituents is 1. The highest BCUT2D eigenvalue weighted by Gasteiger charge is 2.24. The third-order valence-corrected chi connectivity index (χ3v) is 5.24. The molecule has 1 aliphatic heterocycles. The van der Waals surface area contributed by atoms with Gasteiger partial charge in [0.2, 0.25) is 5.91 Å². The minimum Gasteiger partial charge on any atom is -0.496 e. The monoisotopic (exact) mass is 369 g/mol. The van der Waals surface area contributed by atoms with Gasteiger partial charge in [0, 0.05) is 13.1 Å². The van der Waals surface area contributed by atoms with Crippen LogP contribution in [-0.2, 0) is 4.79 Å². The topological polar surface area (TPSA) is 84.7 Å². The molecular weight excluding hydrogens is 350 g/mol. The summed E-state index contributed by atoms with van der Waals surface area (Å²) in [6.45, 7) is 3.58. The van der Waals surface area contributed by atoms with Crippen LogP contribution in [0.3, 0.4) is 0 Å². The van der Waals surface area contributed by atoms with Crippen molar-refractivity contribution in [2.75, 3.05) is 25.5 Å². The van der Waals surface area contributed by atoms with Crippen molar-refractivity contribution in [1.82, 2.24) is 4.90 Å². The highest BCUT2D eigenvalue weighted by molar-refractivity contribution is 8.23. The third kappa shape index (κ3) is 4.57. The quantitative estimate of drug-likeness (QED) is 0.485. The van der Waals surface area contributed by atoms with Crippen LogP contribution in [0.15, 0.2) is 18.2 Å². The van der Waals surface area contributed by atoms with Gasteiger partial charge in [-0.2, -0.15) is 0 Å². The van der Waals surface area contributed by atoms with E-state index >= 15 is 0 Å². The lowest BCUT2D eigenvalue weighted by Crippen LogP contribution is -2.29. The summed E-state index contributed by atoms with van der Waals surface area (Å²) >= 11 is 6.66. The van der Waals surface area contributed by atoms with Crippen molar-refractivity contribution in [3.8, 4) is 5.75 Å². The van der Waals surface area contributed by atoms with Crippen molar-refractivity contribution < 1.29 is 14.5 Å². The second-order valence-corrected chi connectivity index (χ2v) is 7.32. The number of hydrogen-bond donors (Lipinski definition) is 1. The molecule has 0 bridgehead atoms. The summed E-state index contributed by atoms with van der Waals surface area (Å²) in [6.07, 6.45) is 2.22. The molecule has 24 heavy (non-hydrogen) atoms. The number of amides is 1. The number of anilines is 1. The zero-order valence-corrected chi connectivity index (χ0v) is 15.1. The Morgan fingerprint density at radius 3 is 2.71 bits per heavy atom. The average Bonchev–Trinajstić information content (AvgIpc) is 3.09. The molecule has 0 unspecified atom stereocenters. The molecule has 0 aliphatic carbocycles. The fourth-order valence-electron chi connectivity index (χ4n) is 2.31. The molecule has 1 aromatic rings. The van der Waals surface area contributed by atoms with Crippen molar-refractivity contribution >= 4 is 45.6 Å². The molecule has 130 valence electrons. The molecule has 9 heteroatoms. The molecule has 0 aromatic heterocycles. The van der Waals surface area contributed by atoms with Crippen LogP contribution in [0.1, 0.15) is 19.8 Å². The number of ether oxygens (including phenoxy) is 1. The standard InChI is InChI=1S/C15H19N3O4S2/c1-10(24-15(23)17-7-3-4-8-17)14(19)16-12-6-5-11(22-2)9-13(12)18(20)21/h5-6,9-10H,3-4,7-8H2,1-2H3,(H,16,19)/t10-/m1/s1. The highest BCUT2D eigenvalue weighted by Crippen LogP contribution is 2.30. The van der Waals surface area contributed by atoms with Gasteiger partial charge in [0.05, 0.1) is 23.3 Å². The zero-order chi connectivity index (χ0) is 17.7. The second kappa shape index (κ2) is 8.29. The number of thioether (sulfide) groups is 1. The van der Waals surface area contributed by atoms with Gasteiger partial charge in [-0.3, -0.25) is 14.9 Å². The molecule has 1 heterocycles. The molecule has 1 fully saturated rings. The maximum atomic E-state index is 12.3. The molecule has 1 saturated heterocycles. The smallest absolute Gasteiger partial charge is 0.296 e. The molecule has 1 aliphatic rings. The summed E-state index contributed by atoms with van der Waals surface area (Å²) in [5.41, 5.74) is -0.0626. The summed E-state index contributed by atoms with van der Waals surface area (Å²) in [7, 11) is 1.43. The minimum absolute atomic E-state index is 0.144. The highest BCUT2D eigenvalue weighted by atomic mass is 32.2. The van der Waals surface area contributed by atoms with E-state index in [2.05, 4.69) is 10.2 Å². The molecule has 0 saturated carbocycles. The SMILES string of the molecule is COc1ccc(NC(=O)[C@@H](C)SC(=S)N2CCCC2)c([N+](=O)[O-])c1. The van der Waals surface area contributed by atoms with E-state index in [1.165, 1.54) is 31.0 Å². The average molecular weight is 369 g/mol.